The van der Waals surface area contributed by atoms with Crippen molar-refractivity contribution in [3.8, 4) is 0 Å². The third kappa shape index (κ3) is 5.08. The highest BCUT2D eigenvalue weighted by molar-refractivity contribution is 5.94. The van der Waals surface area contributed by atoms with E-state index in [1.54, 1.807) is 4.90 Å². The van der Waals surface area contributed by atoms with E-state index in [0.29, 0.717) is 31.7 Å². The number of aryl methyl sites for hydroxylation is 1. The Hall–Kier alpha value is -2.37. The third-order valence-electron chi connectivity index (χ3n) is 4.78. The van der Waals surface area contributed by atoms with E-state index in [2.05, 4.69) is 0 Å². The van der Waals surface area contributed by atoms with Crippen molar-refractivity contribution in [3.05, 3.63) is 71.3 Å². The molecule has 144 valence electrons. The van der Waals surface area contributed by atoms with Gasteiger partial charge in [-0.05, 0) is 31.0 Å². The van der Waals surface area contributed by atoms with Gasteiger partial charge in [0.05, 0.1) is 0 Å². The second-order valence-corrected chi connectivity index (χ2v) is 6.73. The van der Waals surface area contributed by atoms with Gasteiger partial charge in [-0.1, -0.05) is 48.0 Å². The van der Waals surface area contributed by atoms with E-state index in [1.165, 1.54) is 0 Å². The van der Waals surface area contributed by atoms with Crippen molar-refractivity contribution >= 4 is 24.2 Å². The average Bonchev–Trinajstić information content (AvgIpc) is 2.93. The molecule has 1 aliphatic rings. The fourth-order valence-corrected chi connectivity index (χ4v) is 3.30. The van der Waals surface area contributed by atoms with Gasteiger partial charge < -0.3 is 15.5 Å². The molecule has 6 heteroatoms. The van der Waals surface area contributed by atoms with Crippen LogP contribution in [0.4, 0.5) is 0 Å². The predicted octanol–water partition coefficient (Wildman–Crippen LogP) is 2.79. The van der Waals surface area contributed by atoms with Gasteiger partial charge in [0.15, 0.2) is 0 Å². The Morgan fingerprint density at radius 1 is 0.926 bits per heavy atom. The van der Waals surface area contributed by atoms with Crippen molar-refractivity contribution in [2.75, 3.05) is 26.2 Å². The minimum absolute atomic E-state index is 0. The molecule has 1 heterocycles. The summed E-state index contributed by atoms with van der Waals surface area (Å²) in [4.78, 5) is 29.1. The molecule has 2 aromatic carbocycles. The van der Waals surface area contributed by atoms with Crippen LogP contribution in [0.3, 0.4) is 0 Å². The molecular weight excluding hydrogens is 362 g/mol. The summed E-state index contributed by atoms with van der Waals surface area (Å²) in [6.07, 6.45) is 0.755. The largest absolute Gasteiger partial charge is 0.339 e. The lowest BCUT2D eigenvalue weighted by atomic mass is 10.1. The smallest absolute Gasteiger partial charge is 0.253 e. The standard InChI is InChI=1S/C21H25N3O2.ClH/c1-16-7-5-10-18(15-16)20(25)23-11-6-12-24(14-13-23)21(26)19(22)17-8-3-2-4-9-17;/h2-5,7-10,15,19H,6,11-14,22H2,1H3;1H. The van der Waals surface area contributed by atoms with Crippen LogP contribution in [0, 0.1) is 6.92 Å². The summed E-state index contributed by atoms with van der Waals surface area (Å²) in [7, 11) is 0. The number of benzene rings is 2. The van der Waals surface area contributed by atoms with E-state index in [-0.39, 0.29) is 24.2 Å². The predicted molar refractivity (Wildman–Crippen MR) is 109 cm³/mol. The Kier molecular flexibility index (Phi) is 7.39. The van der Waals surface area contributed by atoms with Gasteiger partial charge in [0.25, 0.3) is 5.91 Å². The fourth-order valence-electron chi connectivity index (χ4n) is 3.30. The molecule has 0 aliphatic carbocycles. The molecule has 27 heavy (non-hydrogen) atoms. The number of halogens is 1. The van der Waals surface area contributed by atoms with Crippen molar-refractivity contribution < 1.29 is 9.59 Å². The highest BCUT2D eigenvalue weighted by Crippen LogP contribution is 2.16. The van der Waals surface area contributed by atoms with E-state index >= 15 is 0 Å². The Labute approximate surface area is 166 Å². The van der Waals surface area contributed by atoms with E-state index in [4.69, 9.17) is 5.73 Å². The third-order valence-corrected chi connectivity index (χ3v) is 4.78. The summed E-state index contributed by atoms with van der Waals surface area (Å²) in [6.45, 7) is 4.29. The fraction of sp³-hybridized carbons (Fsp3) is 0.333. The number of rotatable bonds is 3. The molecule has 1 unspecified atom stereocenters. The van der Waals surface area contributed by atoms with E-state index in [0.717, 1.165) is 17.5 Å². The SMILES string of the molecule is Cc1cccc(C(=O)N2CCCN(C(=O)C(N)c3ccccc3)CC2)c1.Cl. The molecule has 1 atom stereocenters. The van der Waals surface area contributed by atoms with Crippen LogP contribution in [-0.4, -0.2) is 47.8 Å². The normalized spacial score (nSPS) is 15.5. The Morgan fingerprint density at radius 2 is 1.59 bits per heavy atom. The second kappa shape index (κ2) is 9.53. The van der Waals surface area contributed by atoms with E-state index in [9.17, 15) is 9.59 Å². The maximum Gasteiger partial charge on any atom is 0.253 e. The van der Waals surface area contributed by atoms with Gasteiger partial charge in [-0.15, -0.1) is 12.4 Å². The van der Waals surface area contributed by atoms with Crippen molar-refractivity contribution in [2.45, 2.75) is 19.4 Å². The maximum atomic E-state index is 12.7. The molecule has 2 aromatic rings. The van der Waals surface area contributed by atoms with Gasteiger partial charge in [0.2, 0.25) is 5.91 Å². The lowest BCUT2D eigenvalue weighted by Gasteiger charge is -2.25. The Balaban J connectivity index is 0.00000261. The van der Waals surface area contributed by atoms with Crippen LogP contribution in [0.2, 0.25) is 0 Å². The quantitative estimate of drug-likeness (QED) is 0.880. The van der Waals surface area contributed by atoms with Crippen LogP contribution < -0.4 is 5.73 Å². The van der Waals surface area contributed by atoms with Crippen LogP contribution in [0.25, 0.3) is 0 Å². The van der Waals surface area contributed by atoms with Crippen molar-refractivity contribution in [2.24, 2.45) is 5.73 Å². The molecule has 0 aromatic heterocycles. The van der Waals surface area contributed by atoms with Crippen molar-refractivity contribution in [1.29, 1.82) is 0 Å². The molecular formula is C21H26ClN3O2. The maximum absolute atomic E-state index is 12.7. The Morgan fingerprint density at radius 3 is 2.30 bits per heavy atom. The monoisotopic (exact) mass is 387 g/mol. The Bertz CT molecular complexity index is 782. The molecule has 0 saturated carbocycles. The number of nitrogens with two attached hydrogens (primary N) is 1. The molecule has 2 amide bonds. The van der Waals surface area contributed by atoms with Crippen LogP contribution in [0.15, 0.2) is 54.6 Å². The highest BCUT2D eigenvalue weighted by atomic mass is 35.5. The number of nitrogens with zero attached hydrogens (tertiary/aromatic N) is 2. The number of hydrogen-bond donors (Lipinski definition) is 1. The van der Waals surface area contributed by atoms with Crippen LogP contribution in [0.5, 0.6) is 0 Å². The second-order valence-electron chi connectivity index (χ2n) is 6.73. The molecule has 1 fully saturated rings. The molecule has 0 bridgehead atoms. The lowest BCUT2D eigenvalue weighted by Crippen LogP contribution is -2.41. The minimum Gasteiger partial charge on any atom is -0.339 e. The summed E-state index contributed by atoms with van der Waals surface area (Å²) in [6, 6.07) is 16.4. The first-order chi connectivity index (χ1) is 12.6. The van der Waals surface area contributed by atoms with Gasteiger partial charge in [-0.25, -0.2) is 0 Å². The molecule has 2 N–H and O–H groups in total. The number of carbonyl (C=O) groups excluding carboxylic acids is 2. The molecule has 3 rings (SSSR count). The van der Waals surface area contributed by atoms with E-state index < -0.39 is 6.04 Å². The topological polar surface area (TPSA) is 66.6 Å². The minimum atomic E-state index is -0.657. The first-order valence-electron chi connectivity index (χ1n) is 9.01. The zero-order valence-corrected chi connectivity index (χ0v) is 16.3. The molecule has 0 radical (unpaired) electrons. The van der Waals surface area contributed by atoms with Crippen LogP contribution in [-0.2, 0) is 4.79 Å². The van der Waals surface area contributed by atoms with Crippen LogP contribution in [0.1, 0.15) is 33.9 Å². The van der Waals surface area contributed by atoms with Crippen molar-refractivity contribution in [1.82, 2.24) is 9.80 Å². The molecule has 1 saturated heterocycles. The number of hydrogen-bond acceptors (Lipinski definition) is 3. The summed E-state index contributed by atoms with van der Waals surface area (Å²) in [5.41, 5.74) is 8.73. The first-order valence-corrected chi connectivity index (χ1v) is 9.01. The molecule has 0 spiro atoms. The summed E-state index contributed by atoms with van der Waals surface area (Å²) < 4.78 is 0. The number of amides is 2. The van der Waals surface area contributed by atoms with E-state index in [1.807, 2.05) is 66.4 Å². The van der Waals surface area contributed by atoms with Gasteiger partial charge in [0, 0.05) is 31.7 Å². The van der Waals surface area contributed by atoms with Gasteiger partial charge in [-0.2, -0.15) is 0 Å². The van der Waals surface area contributed by atoms with Gasteiger partial charge in [-0.3, -0.25) is 9.59 Å². The summed E-state index contributed by atoms with van der Waals surface area (Å²) in [5, 5.41) is 0. The first kappa shape index (κ1) is 20.9. The van der Waals surface area contributed by atoms with Gasteiger partial charge in [0.1, 0.15) is 6.04 Å². The zero-order valence-electron chi connectivity index (χ0n) is 15.5. The average molecular weight is 388 g/mol. The van der Waals surface area contributed by atoms with Crippen molar-refractivity contribution in [3.63, 3.8) is 0 Å². The summed E-state index contributed by atoms with van der Waals surface area (Å²) >= 11 is 0. The van der Waals surface area contributed by atoms with Gasteiger partial charge >= 0.3 is 0 Å². The molecule has 1 aliphatic heterocycles. The number of carbonyl (C=O) groups is 2. The highest BCUT2D eigenvalue weighted by Gasteiger charge is 2.26. The lowest BCUT2D eigenvalue weighted by molar-refractivity contribution is -0.132. The molecule has 5 nitrogen and oxygen atoms in total. The zero-order chi connectivity index (χ0) is 18.5. The summed E-state index contributed by atoms with van der Waals surface area (Å²) in [5.74, 6) is -0.0589. The van der Waals surface area contributed by atoms with Crippen LogP contribution >= 0.6 is 12.4 Å².